The number of nitrogens with zero attached hydrogens (tertiary/aromatic N) is 1. The van der Waals surface area contributed by atoms with Crippen molar-refractivity contribution in [3.8, 4) is 5.75 Å². The second kappa shape index (κ2) is 8.78. The maximum absolute atomic E-state index is 12.3. The van der Waals surface area contributed by atoms with Crippen LogP contribution in [0, 0.1) is 0 Å². The number of likely N-dealkylation sites (tertiary alicyclic amines) is 1. The molecule has 0 aromatic heterocycles. The molecule has 0 atom stereocenters. The van der Waals surface area contributed by atoms with Crippen molar-refractivity contribution >= 4 is 28.9 Å². The van der Waals surface area contributed by atoms with Gasteiger partial charge in [0.25, 0.3) is 5.91 Å². The molecule has 0 saturated carbocycles. The van der Waals surface area contributed by atoms with Gasteiger partial charge < -0.3 is 10.1 Å². The lowest BCUT2D eigenvalue weighted by molar-refractivity contribution is 0.0975. The van der Waals surface area contributed by atoms with E-state index in [9.17, 15) is 4.79 Å². The molecule has 1 aliphatic rings. The normalized spacial score (nSPS) is 14.0. The molecular weight excluding hydrogens is 346 g/mol. The minimum atomic E-state index is -0.300. The summed E-state index contributed by atoms with van der Waals surface area (Å²) in [6.07, 6.45) is 2.58. The fourth-order valence-electron chi connectivity index (χ4n) is 3.06. The minimum Gasteiger partial charge on any atom is -0.496 e. The second-order valence-corrected chi connectivity index (χ2v) is 6.70. The Labute approximate surface area is 159 Å². The molecule has 0 aliphatic carbocycles. The van der Waals surface area contributed by atoms with Crippen LogP contribution >= 0.6 is 12.2 Å². The summed E-state index contributed by atoms with van der Waals surface area (Å²) in [4.78, 5) is 14.8. The molecule has 1 saturated heterocycles. The summed E-state index contributed by atoms with van der Waals surface area (Å²) in [6.45, 7) is 3.34. The Morgan fingerprint density at radius 3 is 2.50 bits per heavy atom. The van der Waals surface area contributed by atoms with Crippen molar-refractivity contribution in [3.63, 3.8) is 0 Å². The predicted molar refractivity (Wildman–Crippen MR) is 108 cm³/mol. The number of nitrogens with one attached hydrogen (secondary N) is 2. The minimum absolute atomic E-state index is 0.258. The van der Waals surface area contributed by atoms with Crippen molar-refractivity contribution in [1.29, 1.82) is 0 Å². The summed E-state index contributed by atoms with van der Waals surface area (Å²) in [5, 5.41) is 5.99. The van der Waals surface area contributed by atoms with Gasteiger partial charge in [0.05, 0.1) is 12.7 Å². The van der Waals surface area contributed by atoms with Gasteiger partial charge in [-0.05, 0) is 68.0 Å². The fourth-order valence-corrected chi connectivity index (χ4v) is 3.27. The topological polar surface area (TPSA) is 53.6 Å². The van der Waals surface area contributed by atoms with Crippen molar-refractivity contribution in [1.82, 2.24) is 10.2 Å². The monoisotopic (exact) mass is 369 g/mol. The van der Waals surface area contributed by atoms with Crippen molar-refractivity contribution in [2.45, 2.75) is 19.4 Å². The van der Waals surface area contributed by atoms with Crippen molar-refractivity contribution < 1.29 is 9.53 Å². The van der Waals surface area contributed by atoms with E-state index in [2.05, 4.69) is 27.7 Å². The van der Waals surface area contributed by atoms with E-state index in [0.717, 1.165) is 12.2 Å². The summed E-state index contributed by atoms with van der Waals surface area (Å²) in [5.74, 6) is 0.213. The van der Waals surface area contributed by atoms with Gasteiger partial charge in [-0.3, -0.25) is 15.0 Å². The van der Waals surface area contributed by atoms with E-state index in [4.69, 9.17) is 17.0 Å². The summed E-state index contributed by atoms with van der Waals surface area (Å²) in [5.41, 5.74) is 2.57. The van der Waals surface area contributed by atoms with Crippen molar-refractivity contribution in [2.24, 2.45) is 0 Å². The Bertz CT molecular complexity index is 771. The van der Waals surface area contributed by atoms with E-state index in [-0.39, 0.29) is 11.0 Å². The molecule has 136 valence electrons. The fraction of sp³-hybridized carbons (Fsp3) is 0.300. The first-order chi connectivity index (χ1) is 12.7. The second-order valence-electron chi connectivity index (χ2n) is 6.29. The molecule has 1 fully saturated rings. The first-order valence-electron chi connectivity index (χ1n) is 8.72. The zero-order chi connectivity index (χ0) is 18.4. The van der Waals surface area contributed by atoms with Crippen molar-refractivity contribution in [2.75, 3.05) is 25.5 Å². The van der Waals surface area contributed by atoms with Crippen LogP contribution in [-0.4, -0.2) is 36.1 Å². The molecule has 6 heteroatoms. The van der Waals surface area contributed by atoms with Crippen LogP contribution in [0.3, 0.4) is 0 Å². The van der Waals surface area contributed by atoms with E-state index in [1.54, 1.807) is 18.2 Å². The SMILES string of the molecule is COc1ccccc1C(=O)NC(=S)Nc1ccc(CN2CCCC2)cc1. The average Bonchev–Trinajstić information content (AvgIpc) is 3.16. The number of anilines is 1. The molecule has 0 unspecified atom stereocenters. The number of thiocarbonyl (C=S) groups is 1. The Kier molecular flexibility index (Phi) is 6.20. The number of ether oxygens (including phenoxy) is 1. The highest BCUT2D eigenvalue weighted by molar-refractivity contribution is 7.80. The van der Waals surface area contributed by atoms with Crippen LogP contribution in [-0.2, 0) is 6.54 Å². The zero-order valence-corrected chi connectivity index (χ0v) is 15.6. The van der Waals surface area contributed by atoms with E-state index in [1.165, 1.54) is 38.6 Å². The summed E-state index contributed by atoms with van der Waals surface area (Å²) < 4.78 is 5.21. The summed E-state index contributed by atoms with van der Waals surface area (Å²) in [7, 11) is 1.53. The number of carbonyl (C=O) groups is 1. The lowest BCUT2D eigenvalue weighted by Crippen LogP contribution is -2.34. The van der Waals surface area contributed by atoms with Crippen LogP contribution in [0.25, 0.3) is 0 Å². The summed E-state index contributed by atoms with van der Waals surface area (Å²) in [6, 6.07) is 15.2. The molecule has 0 spiro atoms. The van der Waals surface area contributed by atoms with E-state index in [0.29, 0.717) is 11.3 Å². The molecule has 5 nitrogen and oxygen atoms in total. The number of para-hydroxylation sites is 1. The lowest BCUT2D eigenvalue weighted by atomic mass is 10.2. The Morgan fingerprint density at radius 1 is 1.12 bits per heavy atom. The predicted octanol–water partition coefficient (Wildman–Crippen LogP) is 3.42. The third kappa shape index (κ3) is 4.80. The number of rotatable bonds is 5. The lowest BCUT2D eigenvalue weighted by Gasteiger charge is -2.15. The molecule has 1 amide bonds. The van der Waals surface area contributed by atoms with Crippen LogP contribution < -0.4 is 15.4 Å². The molecule has 3 rings (SSSR count). The maximum atomic E-state index is 12.3. The Morgan fingerprint density at radius 2 is 1.81 bits per heavy atom. The molecule has 2 N–H and O–H groups in total. The molecule has 2 aromatic rings. The van der Waals surface area contributed by atoms with Crippen molar-refractivity contribution in [3.05, 3.63) is 59.7 Å². The zero-order valence-electron chi connectivity index (χ0n) is 14.8. The van der Waals surface area contributed by atoms with Crippen LogP contribution in [0.1, 0.15) is 28.8 Å². The third-order valence-electron chi connectivity index (χ3n) is 4.40. The van der Waals surface area contributed by atoms with E-state index < -0.39 is 0 Å². The Balaban J connectivity index is 1.55. The maximum Gasteiger partial charge on any atom is 0.261 e. The van der Waals surface area contributed by atoms with Gasteiger partial charge in [-0.1, -0.05) is 24.3 Å². The highest BCUT2D eigenvalue weighted by Crippen LogP contribution is 2.17. The summed E-state index contributed by atoms with van der Waals surface area (Å²) >= 11 is 5.25. The van der Waals surface area contributed by atoms with Gasteiger partial charge in [-0.15, -0.1) is 0 Å². The number of methoxy groups -OCH3 is 1. The largest absolute Gasteiger partial charge is 0.496 e. The molecule has 2 aromatic carbocycles. The molecule has 0 bridgehead atoms. The number of benzene rings is 2. The first kappa shape index (κ1) is 18.4. The third-order valence-corrected chi connectivity index (χ3v) is 4.60. The number of hydrogen-bond donors (Lipinski definition) is 2. The van der Waals surface area contributed by atoms with Gasteiger partial charge in [0, 0.05) is 12.2 Å². The van der Waals surface area contributed by atoms with Crippen LogP contribution in [0.5, 0.6) is 5.75 Å². The van der Waals surface area contributed by atoms with Gasteiger partial charge in [0.2, 0.25) is 0 Å². The van der Waals surface area contributed by atoms with Crippen LogP contribution in [0.4, 0.5) is 5.69 Å². The standard InChI is InChI=1S/C20H23N3O2S/c1-25-18-7-3-2-6-17(18)19(24)22-20(26)21-16-10-8-15(9-11-16)14-23-12-4-5-13-23/h2-3,6-11H,4-5,12-14H2,1H3,(H2,21,22,24,26). The van der Waals surface area contributed by atoms with Crippen LogP contribution in [0.2, 0.25) is 0 Å². The smallest absolute Gasteiger partial charge is 0.261 e. The van der Waals surface area contributed by atoms with Gasteiger partial charge in [0.1, 0.15) is 5.75 Å². The van der Waals surface area contributed by atoms with Gasteiger partial charge >= 0.3 is 0 Å². The van der Waals surface area contributed by atoms with Gasteiger partial charge in [-0.25, -0.2) is 0 Å². The molecular formula is C20H23N3O2S. The quantitative estimate of drug-likeness (QED) is 0.791. The molecule has 26 heavy (non-hydrogen) atoms. The van der Waals surface area contributed by atoms with Gasteiger partial charge in [-0.2, -0.15) is 0 Å². The molecule has 1 heterocycles. The van der Waals surface area contributed by atoms with E-state index >= 15 is 0 Å². The molecule has 0 radical (unpaired) electrons. The number of amides is 1. The van der Waals surface area contributed by atoms with E-state index in [1.807, 2.05) is 18.2 Å². The average molecular weight is 369 g/mol. The highest BCUT2D eigenvalue weighted by atomic mass is 32.1. The first-order valence-corrected chi connectivity index (χ1v) is 9.13. The number of hydrogen-bond acceptors (Lipinski definition) is 4. The highest BCUT2D eigenvalue weighted by Gasteiger charge is 2.13. The van der Waals surface area contributed by atoms with Gasteiger partial charge in [0.15, 0.2) is 5.11 Å². The Hall–Kier alpha value is -2.44. The molecule has 1 aliphatic heterocycles. The van der Waals surface area contributed by atoms with Crippen LogP contribution in [0.15, 0.2) is 48.5 Å². The number of carbonyl (C=O) groups excluding carboxylic acids is 1.